The van der Waals surface area contributed by atoms with Crippen molar-refractivity contribution in [1.82, 2.24) is 14.8 Å². The van der Waals surface area contributed by atoms with Crippen LogP contribution in [0.2, 0.25) is 0 Å². The molecule has 0 saturated carbocycles. The molecule has 0 spiro atoms. The van der Waals surface area contributed by atoms with Gasteiger partial charge in [0.05, 0.1) is 0 Å². The predicted octanol–water partition coefficient (Wildman–Crippen LogP) is 1.48. The van der Waals surface area contributed by atoms with E-state index in [0.717, 1.165) is 5.75 Å². The largest absolute Gasteiger partial charge is 0.344 e. The van der Waals surface area contributed by atoms with E-state index in [4.69, 9.17) is 11.6 Å². The maximum atomic E-state index is 11.2. The van der Waals surface area contributed by atoms with Crippen molar-refractivity contribution in [2.75, 3.05) is 11.6 Å². The fraction of sp³-hybridized carbons (Fsp3) is 0.714. The molecular formula is C7H12ClN3OS. The normalized spacial score (nSPS) is 11.1. The molecular weight excluding hydrogens is 210 g/mol. The van der Waals surface area contributed by atoms with E-state index in [0.29, 0.717) is 11.0 Å². The van der Waals surface area contributed by atoms with Crippen LogP contribution in [0, 0.1) is 0 Å². The topological polar surface area (TPSA) is 50.7 Å². The number of aromatic amines is 1. The summed E-state index contributed by atoms with van der Waals surface area (Å²) in [7, 11) is 0. The summed E-state index contributed by atoms with van der Waals surface area (Å²) in [4.78, 5) is 11.2. The number of hydrogen-bond donors (Lipinski definition) is 1. The van der Waals surface area contributed by atoms with E-state index < -0.39 is 0 Å². The van der Waals surface area contributed by atoms with E-state index in [1.54, 1.807) is 4.57 Å². The van der Waals surface area contributed by atoms with Gasteiger partial charge in [0.15, 0.2) is 5.16 Å². The van der Waals surface area contributed by atoms with E-state index in [9.17, 15) is 4.79 Å². The minimum absolute atomic E-state index is 0.129. The number of halogens is 1. The van der Waals surface area contributed by atoms with Crippen LogP contribution in [0.15, 0.2) is 9.95 Å². The fourth-order valence-corrected chi connectivity index (χ4v) is 2.01. The lowest BCUT2D eigenvalue weighted by Crippen LogP contribution is -2.19. The van der Waals surface area contributed by atoms with Gasteiger partial charge in [0.25, 0.3) is 0 Å². The van der Waals surface area contributed by atoms with Gasteiger partial charge in [-0.15, -0.1) is 16.7 Å². The molecule has 74 valence electrons. The number of H-pyrrole nitrogens is 1. The molecule has 0 atom stereocenters. The van der Waals surface area contributed by atoms with Gasteiger partial charge in [0.2, 0.25) is 0 Å². The number of alkyl halides is 1. The minimum atomic E-state index is -0.160. The first-order valence-corrected chi connectivity index (χ1v) is 5.54. The lowest BCUT2D eigenvalue weighted by molar-refractivity contribution is 0.534. The first kappa shape index (κ1) is 10.7. The van der Waals surface area contributed by atoms with Crippen molar-refractivity contribution in [3.63, 3.8) is 0 Å². The van der Waals surface area contributed by atoms with Crippen LogP contribution in [0.3, 0.4) is 0 Å². The highest BCUT2D eigenvalue weighted by atomic mass is 35.5. The SMILES string of the molecule is CC(C)n1c(SCCCl)n[nH]c1=O. The van der Waals surface area contributed by atoms with Crippen LogP contribution in [0.1, 0.15) is 19.9 Å². The van der Waals surface area contributed by atoms with Crippen molar-refractivity contribution in [1.29, 1.82) is 0 Å². The molecule has 4 nitrogen and oxygen atoms in total. The number of thioether (sulfide) groups is 1. The van der Waals surface area contributed by atoms with Crippen LogP contribution in [-0.4, -0.2) is 26.4 Å². The molecule has 0 radical (unpaired) electrons. The summed E-state index contributed by atoms with van der Waals surface area (Å²) in [5, 5.41) is 7.03. The fourth-order valence-electron chi connectivity index (χ4n) is 0.977. The second-order valence-corrected chi connectivity index (χ2v) is 4.25. The summed E-state index contributed by atoms with van der Waals surface area (Å²) in [6.45, 7) is 3.89. The Hall–Kier alpha value is -0.420. The average Bonchev–Trinajstić information content (AvgIpc) is 2.43. The first-order chi connectivity index (χ1) is 6.16. The van der Waals surface area contributed by atoms with Crippen LogP contribution in [0.25, 0.3) is 0 Å². The Morgan fingerprint density at radius 2 is 2.38 bits per heavy atom. The Bertz CT molecular complexity index is 320. The molecule has 13 heavy (non-hydrogen) atoms. The highest BCUT2D eigenvalue weighted by molar-refractivity contribution is 7.99. The van der Waals surface area contributed by atoms with Gasteiger partial charge < -0.3 is 0 Å². The number of rotatable bonds is 4. The van der Waals surface area contributed by atoms with E-state index in [1.165, 1.54) is 11.8 Å². The average molecular weight is 222 g/mol. The summed E-state index contributed by atoms with van der Waals surface area (Å²) >= 11 is 7.03. The van der Waals surface area contributed by atoms with Crippen LogP contribution < -0.4 is 5.69 Å². The Morgan fingerprint density at radius 3 is 2.92 bits per heavy atom. The monoisotopic (exact) mass is 221 g/mol. The van der Waals surface area contributed by atoms with Crippen LogP contribution in [0.5, 0.6) is 0 Å². The summed E-state index contributed by atoms with van der Waals surface area (Å²) in [6.07, 6.45) is 0. The molecule has 0 aromatic carbocycles. The molecule has 1 rings (SSSR count). The Kier molecular flexibility index (Phi) is 3.87. The van der Waals surface area contributed by atoms with Crippen LogP contribution in [-0.2, 0) is 0 Å². The summed E-state index contributed by atoms with van der Waals surface area (Å²) in [5.74, 6) is 1.32. The molecule has 1 heterocycles. The quantitative estimate of drug-likeness (QED) is 0.619. The number of aromatic nitrogens is 3. The lowest BCUT2D eigenvalue weighted by atomic mass is 10.4. The zero-order valence-electron chi connectivity index (χ0n) is 7.58. The van der Waals surface area contributed by atoms with E-state index in [2.05, 4.69) is 10.2 Å². The van der Waals surface area contributed by atoms with Crippen molar-refractivity contribution < 1.29 is 0 Å². The lowest BCUT2D eigenvalue weighted by Gasteiger charge is -2.07. The third kappa shape index (κ3) is 2.51. The van der Waals surface area contributed by atoms with Crippen molar-refractivity contribution in [2.24, 2.45) is 0 Å². The molecule has 1 N–H and O–H groups in total. The second kappa shape index (κ2) is 4.72. The molecule has 0 aliphatic carbocycles. The van der Waals surface area contributed by atoms with Crippen molar-refractivity contribution in [3.8, 4) is 0 Å². The highest BCUT2D eigenvalue weighted by Gasteiger charge is 2.10. The molecule has 0 amide bonds. The number of nitrogens with one attached hydrogen (secondary N) is 1. The Balaban J connectivity index is 2.87. The van der Waals surface area contributed by atoms with Gasteiger partial charge in [-0.1, -0.05) is 11.8 Å². The Morgan fingerprint density at radius 1 is 1.69 bits per heavy atom. The molecule has 0 aliphatic heterocycles. The van der Waals surface area contributed by atoms with Gasteiger partial charge in [-0.25, -0.2) is 9.89 Å². The maximum absolute atomic E-state index is 11.2. The summed E-state index contributed by atoms with van der Waals surface area (Å²) in [5.41, 5.74) is -0.160. The zero-order chi connectivity index (χ0) is 9.84. The van der Waals surface area contributed by atoms with E-state index >= 15 is 0 Å². The molecule has 1 aromatic heterocycles. The second-order valence-electron chi connectivity index (χ2n) is 2.81. The molecule has 0 unspecified atom stereocenters. The first-order valence-electron chi connectivity index (χ1n) is 4.02. The molecule has 6 heteroatoms. The van der Waals surface area contributed by atoms with E-state index in [-0.39, 0.29) is 11.7 Å². The third-order valence-electron chi connectivity index (χ3n) is 1.50. The van der Waals surface area contributed by atoms with Gasteiger partial charge in [0, 0.05) is 17.7 Å². The smallest absolute Gasteiger partial charge is 0.268 e. The van der Waals surface area contributed by atoms with Crippen LogP contribution in [0.4, 0.5) is 0 Å². The predicted molar refractivity (Wildman–Crippen MR) is 54.7 cm³/mol. The molecule has 0 bridgehead atoms. The number of nitrogens with zero attached hydrogens (tertiary/aromatic N) is 2. The van der Waals surface area contributed by atoms with E-state index in [1.807, 2.05) is 13.8 Å². The van der Waals surface area contributed by atoms with Gasteiger partial charge in [-0.3, -0.25) is 4.57 Å². The Labute approximate surface area is 85.7 Å². The minimum Gasteiger partial charge on any atom is -0.268 e. The van der Waals surface area contributed by atoms with Gasteiger partial charge in [-0.2, -0.15) is 0 Å². The number of hydrogen-bond acceptors (Lipinski definition) is 3. The molecule has 0 saturated heterocycles. The van der Waals surface area contributed by atoms with Gasteiger partial charge in [-0.05, 0) is 13.8 Å². The van der Waals surface area contributed by atoms with Crippen LogP contribution >= 0.6 is 23.4 Å². The van der Waals surface area contributed by atoms with Crippen molar-refractivity contribution >= 4 is 23.4 Å². The molecule has 1 aromatic rings. The van der Waals surface area contributed by atoms with Crippen molar-refractivity contribution in [3.05, 3.63) is 10.5 Å². The summed E-state index contributed by atoms with van der Waals surface area (Å²) in [6, 6.07) is 0.129. The molecule has 0 aliphatic rings. The molecule has 0 fully saturated rings. The van der Waals surface area contributed by atoms with Gasteiger partial charge >= 0.3 is 5.69 Å². The highest BCUT2D eigenvalue weighted by Crippen LogP contribution is 2.16. The third-order valence-corrected chi connectivity index (χ3v) is 2.86. The maximum Gasteiger partial charge on any atom is 0.344 e. The summed E-state index contributed by atoms with van der Waals surface area (Å²) < 4.78 is 1.62. The standard InChI is InChI=1S/C7H12ClN3OS/c1-5(2)11-6(12)9-10-7(11)13-4-3-8/h5H,3-4H2,1-2H3,(H,9,12). The van der Waals surface area contributed by atoms with Gasteiger partial charge in [0.1, 0.15) is 0 Å². The zero-order valence-corrected chi connectivity index (χ0v) is 9.15. The van der Waals surface area contributed by atoms with Crippen molar-refractivity contribution in [2.45, 2.75) is 25.0 Å².